The Bertz CT molecular complexity index is 382. The van der Waals surface area contributed by atoms with Gasteiger partial charge in [-0.2, -0.15) is 0 Å². The molecule has 0 aromatic heterocycles. The van der Waals surface area contributed by atoms with Gasteiger partial charge < -0.3 is 10.2 Å². The molecule has 0 saturated carbocycles. The minimum Gasteiger partial charge on any atom is -0.351 e. The molecule has 0 saturated heterocycles. The fraction of sp³-hybridized carbons (Fsp3) is 0.364. The van der Waals surface area contributed by atoms with Crippen LogP contribution >= 0.6 is 11.6 Å². The average molecular weight is 245 g/mol. The van der Waals surface area contributed by atoms with Gasteiger partial charge in [0.2, 0.25) is 0 Å². The number of hydrogen-bond acceptors (Lipinski definition) is 2. The van der Waals surface area contributed by atoms with E-state index in [4.69, 9.17) is 11.6 Å². The Labute approximate surface area is 99.2 Å². The minimum atomic E-state index is -0.602. The summed E-state index contributed by atoms with van der Waals surface area (Å²) in [4.78, 5) is 13.5. The van der Waals surface area contributed by atoms with Crippen molar-refractivity contribution in [3.63, 3.8) is 0 Å². The van der Waals surface area contributed by atoms with Gasteiger partial charge in [0, 0.05) is 18.1 Å². The average Bonchev–Trinajstić information content (AvgIpc) is 2.16. The molecular weight excluding hydrogens is 231 g/mol. The molecule has 0 fully saturated rings. The van der Waals surface area contributed by atoms with Crippen molar-refractivity contribution in [2.75, 3.05) is 27.2 Å². The SMILES string of the molecule is CN(C)CCNC(=O)c1ccc(Cl)cc1F. The van der Waals surface area contributed by atoms with Gasteiger partial charge in [-0.25, -0.2) is 4.39 Å². The van der Waals surface area contributed by atoms with Crippen LogP contribution in [0.5, 0.6) is 0 Å². The van der Waals surface area contributed by atoms with Crippen LogP contribution in [-0.2, 0) is 0 Å². The second-order valence-electron chi connectivity index (χ2n) is 3.68. The fourth-order valence-electron chi connectivity index (χ4n) is 1.16. The molecule has 1 aromatic carbocycles. The zero-order chi connectivity index (χ0) is 12.1. The molecule has 16 heavy (non-hydrogen) atoms. The Kier molecular flexibility index (Phi) is 4.71. The van der Waals surface area contributed by atoms with Gasteiger partial charge in [-0.1, -0.05) is 11.6 Å². The summed E-state index contributed by atoms with van der Waals surface area (Å²) in [6, 6.07) is 4.00. The Hall–Kier alpha value is -1.13. The van der Waals surface area contributed by atoms with Crippen LogP contribution in [0.2, 0.25) is 5.02 Å². The number of benzene rings is 1. The number of halogens is 2. The van der Waals surface area contributed by atoms with E-state index in [0.29, 0.717) is 13.1 Å². The molecule has 1 aromatic rings. The van der Waals surface area contributed by atoms with E-state index in [9.17, 15) is 9.18 Å². The summed E-state index contributed by atoms with van der Waals surface area (Å²) < 4.78 is 13.3. The smallest absolute Gasteiger partial charge is 0.254 e. The van der Waals surface area contributed by atoms with Crippen molar-refractivity contribution < 1.29 is 9.18 Å². The first-order valence-corrected chi connectivity index (χ1v) is 5.26. The summed E-state index contributed by atoms with van der Waals surface area (Å²) in [7, 11) is 3.80. The Balaban J connectivity index is 2.59. The predicted octanol–water partition coefficient (Wildman–Crippen LogP) is 1.77. The lowest BCUT2D eigenvalue weighted by Gasteiger charge is -2.10. The topological polar surface area (TPSA) is 32.3 Å². The third kappa shape index (κ3) is 3.79. The van der Waals surface area contributed by atoms with Gasteiger partial charge in [0.25, 0.3) is 5.91 Å². The maximum atomic E-state index is 13.3. The third-order valence-corrected chi connectivity index (χ3v) is 2.26. The fourth-order valence-corrected chi connectivity index (χ4v) is 1.32. The molecule has 0 unspecified atom stereocenters. The lowest BCUT2D eigenvalue weighted by molar-refractivity contribution is 0.0947. The van der Waals surface area contributed by atoms with E-state index >= 15 is 0 Å². The zero-order valence-corrected chi connectivity index (χ0v) is 10.0. The maximum Gasteiger partial charge on any atom is 0.254 e. The molecule has 3 nitrogen and oxygen atoms in total. The quantitative estimate of drug-likeness (QED) is 0.876. The van der Waals surface area contributed by atoms with E-state index in [2.05, 4.69) is 5.32 Å². The van der Waals surface area contributed by atoms with Crippen LogP contribution in [0.1, 0.15) is 10.4 Å². The lowest BCUT2D eigenvalue weighted by Crippen LogP contribution is -2.31. The van der Waals surface area contributed by atoms with Crippen molar-refractivity contribution in [3.8, 4) is 0 Å². The number of nitrogens with zero attached hydrogens (tertiary/aromatic N) is 1. The van der Waals surface area contributed by atoms with Gasteiger partial charge in [0.15, 0.2) is 0 Å². The summed E-state index contributed by atoms with van der Waals surface area (Å²) in [6.07, 6.45) is 0. The summed E-state index contributed by atoms with van der Waals surface area (Å²) in [5.74, 6) is -1.02. The minimum absolute atomic E-state index is 0.0168. The number of likely N-dealkylation sites (N-methyl/N-ethyl adjacent to an activating group) is 1. The van der Waals surface area contributed by atoms with Gasteiger partial charge in [-0.3, -0.25) is 4.79 Å². The van der Waals surface area contributed by atoms with E-state index in [-0.39, 0.29) is 10.6 Å². The Morgan fingerprint density at radius 1 is 1.50 bits per heavy atom. The first-order chi connectivity index (χ1) is 7.50. The molecule has 0 spiro atoms. The standard InChI is InChI=1S/C11H14ClFN2O/c1-15(2)6-5-14-11(16)9-4-3-8(12)7-10(9)13/h3-4,7H,5-6H2,1-2H3,(H,14,16). The number of rotatable bonds is 4. The molecule has 1 rings (SSSR count). The first-order valence-electron chi connectivity index (χ1n) is 4.88. The van der Waals surface area contributed by atoms with Crippen LogP contribution in [0.15, 0.2) is 18.2 Å². The molecule has 5 heteroatoms. The van der Waals surface area contributed by atoms with E-state index in [1.807, 2.05) is 19.0 Å². The molecule has 1 amide bonds. The highest BCUT2D eigenvalue weighted by molar-refractivity contribution is 6.30. The Morgan fingerprint density at radius 3 is 2.75 bits per heavy atom. The molecule has 88 valence electrons. The van der Waals surface area contributed by atoms with Crippen molar-refractivity contribution in [2.45, 2.75) is 0 Å². The van der Waals surface area contributed by atoms with Crippen molar-refractivity contribution in [1.82, 2.24) is 10.2 Å². The third-order valence-electron chi connectivity index (χ3n) is 2.02. The second kappa shape index (κ2) is 5.82. The highest BCUT2D eigenvalue weighted by Crippen LogP contribution is 2.14. The predicted molar refractivity (Wildman–Crippen MR) is 62.3 cm³/mol. The second-order valence-corrected chi connectivity index (χ2v) is 4.12. The van der Waals surface area contributed by atoms with Crippen LogP contribution in [0.3, 0.4) is 0 Å². The largest absolute Gasteiger partial charge is 0.351 e. The Morgan fingerprint density at radius 2 is 2.19 bits per heavy atom. The molecule has 0 aliphatic rings. The van der Waals surface area contributed by atoms with Crippen LogP contribution < -0.4 is 5.32 Å². The van der Waals surface area contributed by atoms with Gasteiger partial charge in [0.1, 0.15) is 5.82 Å². The molecule has 1 N–H and O–H groups in total. The van der Waals surface area contributed by atoms with Crippen LogP contribution in [0.25, 0.3) is 0 Å². The number of carbonyl (C=O) groups excluding carboxylic acids is 1. The normalized spacial score (nSPS) is 10.6. The van der Waals surface area contributed by atoms with E-state index in [0.717, 1.165) is 6.07 Å². The number of carbonyl (C=O) groups is 1. The van der Waals surface area contributed by atoms with Crippen molar-refractivity contribution in [2.24, 2.45) is 0 Å². The van der Waals surface area contributed by atoms with Gasteiger partial charge >= 0.3 is 0 Å². The zero-order valence-electron chi connectivity index (χ0n) is 9.26. The molecule has 0 atom stereocenters. The molecule has 0 aliphatic carbocycles. The molecule has 0 heterocycles. The van der Waals surface area contributed by atoms with Crippen LogP contribution in [0.4, 0.5) is 4.39 Å². The monoisotopic (exact) mass is 244 g/mol. The van der Waals surface area contributed by atoms with Crippen LogP contribution in [0, 0.1) is 5.82 Å². The maximum absolute atomic E-state index is 13.3. The summed E-state index contributed by atoms with van der Waals surface area (Å²) in [6.45, 7) is 1.19. The van der Waals surface area contributed by atoms with Crippen molar-refractivity contribution >= 4 is 17.5 Å². The molecule has 0 bridgehead atoms. The van der Waals surface area contributed by atoms with Crippen LogP contribution in [-0.4, -0.2) is 38.0 Å². The molecular formula is C11H14ClFN2O. The van der Waals surface area contributed by atoms with Gasteiger partial charge in [0.05, 0.1) is 5.56 Å². The van der Waals surface area contributed by atoms with Crippen molar-refractivity contribution in [3.05, 3.63) is 34.6 Å². The van der Waals surface area contributed by atoms with E-state index < -0.39 is 11.7 Å². The number of nitrogens with one attached hydrogen (secondary N) is 1. The van der Waals surface area contributed by atoms with Crippen molar-refractivity contribution in [1.29, 1.82) is 0 Å². The molecule has 0 radical (unpaired) electrons. The van der Waals surface area contributed by atoms with Gasteiger partial charge in [-0.05, 0) is 32.3 Å². The first kappa shape index (κ1) is 12.9. The highest BCUT2D eigenvalue weighted by Gasteiger charge is 2.11. The van der Waals surface area contributed by atoms with E-state index in [1.54, 1.807) is 0 Å². The highest BCUT2D eigenvalue weighted by atomic mass is 35.5. The summed E-state index contributed by atoms with van der Waals surface area (Å²) >= 11 is 5.59. The van der Waals surface area contributed by atoms with E-state index in [1.165, 1.54) is 12.1 Å². The van der Waals surface area contributed by atoms with Gasteiger partial charge in [-0.15, -0.1) is 0 Å². The summed E-state index contributed by atoms with van der Waals surface area (Å²) in [5, 5.41) is 2.91. The lowest BCUT2D eigenvalue weighted by atomic mass is 10.2. The number of hydrogen-bond donors (Lipinski definition) is 1. The summed E-state index contributed by atoms with van der Waals surface area (Å²) in [5.41, 5.74) is 0.0168. The number of amides is 1. The molecule has 0 aliphatic heterocycles.